The van der Waals surface area contributed by atoms with Crippen LogP contribution in [-0.4, -0.2) is 42.4 Å². The number of alkyl halides is 3. The van der Waals surface area contributed by atoms with Crippen LogP contribution in [0.15, 0.2) is 24.3 Å². The molecule has 1 aromatic carbocycles. The second-order valence-corrected chi connectivity index (χ2v) is 4.32. The maximum atomic E-state index is 13.2. The maximum absolute atomic E-state index is 13.2. The second kappa shape index (κ2) is 6.45. The first-order chi connectivity index (χ1) is 8.48. The van der Waals surface area contributed by atoms with E-state index in [4.69, 9.17) is 5.11 Å². The Morgan fingerprint density at radius 1 is 1.11 bits per heavy atom. The Balaban J connectivity index is 0.00000180. The monoisotopic (exact) mass is 296 g/mol. The molecule has 0 amide bonds. The molecule has 19 heavy (non-hydrogen) atoms. The lowest BCUT2D eigenvalue weighted by Crippen LogP contribution is -2.49. The van der Waals surface area contributed by atoms with E-state index in [9.17, 15) is 13.2 Å². The molecule has 3 nitrogen and oxygen atoms in total. The Labute approximate surface area is 115 Å². The summed E-state index contributed by atoms with van der Waals surface area (Å²) in [5.41, 5.74) is 0.169. The van der Waals surface area contributed by atoms with Crippen molar-refractivity contribution in [3.05, 3.63) is 29.8 Å². The summed E-state index contributed by atoms with van der Waals surface area (Å²) >= 11 is 0. The van der Waals surface area contributed by atoms with Crippen LogP contribution in [0.4, 0.5) is 13.2 Å². The molecule has 1 fully saturated rings. The molecule has 0 aliphatic carbocycles. The first-order valence-corrected chi connectivity index (χ1v) is 5.79. The van der Waals surface area contributed by atoms with E-state index >= 15 is 0 Å². The van der Waals surface area contributed by atoms with Gasteiger partial charge in [-0.3, -0.25) is 4.90 Å². The van der Waals surface area contributed by atoms with Gasteiger partial charge in [0.1, 0.15) is 11.8 Å². The van der Waals surface area contributed by atoms with Crippen LogP contribution in [0.1, 0.15) is 11.6 Å². The number of nitrogens with zero attached hydrogens (tertiary/aromatic N) is 1. The lowest BCUT2D eigenvalue weighted by Gasteiger charge is -2.36. The van der Waals surface area contributed by atoms with Crippen molar-refractivity contribution in [1.82, 2.24) is 10.2 Å². The molecular weight excluding hydrogens is 281 g/mol. The maximum Gasteiger partial charge on any atom is 0.408 e. The van der Waals surface area contributed by atoms with Crippen LogP contribution in [0, 0.1) is 0 Å². The standard InChI is InChI=1S/C12H15F3N2O.ClH/c13-12(14,15)11(17-7-5-16-6-8-17)9-1-3-10(18)4-2-9;/h1-4,11,16,18H,5-8H2;1H/t11-;/m1./s1. The average molecular weight is 297 g/mol. The summed E-state index contributed by atoms with van der Waals surface area (Å²) < 4.78 is 39.5. The van der Waals surface area contributed by atoms with Crippen molar-refractivity contribution in [2.24, 2.45) is 0 Å². The average Bonchev–Trinajstić information content (AvgIpc) is 2.32. The van der Waals surface area contributed by atoms with Gasteiger partial charge in [0.25, 0.3) is 0 Å². The number of piperazine rings is 1. The van der Waals surface area contributed by atoms with Gasteiger partial charge in [0.2, 0.25) is 0 Å². The Bertz CT molecular complexity index is 391. The first-order valence-electron chi connectivity index (χ1n) is 5.79. The molecule has 0 spiro atoms. The number of phenols is 1. The fraction of sp³-hybridized carbons (Fsp3) is 0.500. The van der Waals surface area contributed by atoms with Crippen LogP contribution in [0.3, 0.4) is 0 Å². The van der Waals surface area contributed by atoms with E-state index in [1.54, 1.807) is 0 Å². The van der Waals surface area contributed by atoms with Crippen molar-refractivity contribution in [3.63, 3.8) is 0 Å². The third-order valence-corrected chi connectivity index (χ3v) is 3.04. The number of benzene rings is 1. The lowest BCUT2D eigenvalue weighted by atomic mass is 10.0. The lowest BCUT2D eigenvalue weighted by molar-refractivity contribution is -0.187. The summed E-state index contributed by atoms with van der Waals surface area (Å²) in [6.07, 6.45) is -4.31. The smallest absolute Gasteiger partial charge is 0.408 e. The summed E-state index contributed by atoms with van der Waals surface area (Å²) in [5.74, 6) is -0.0278. The topological polar surface area (TPSA) is 35.5 Å². The van der Waals surface area contributed by atoms with Crippen molar-refractivity contribution >= 4 is 12.4 Å². The molecule has 0 bridgehead atoms. The van der Waals surface area contributed by atoms with Gasteiger partial charge in [0.05, 0.1) is 0 Å². The molecule has 1 aliphatic heterocycles. The molecule has 1 atom stereocenters. The molecule has 1 aliphatic rings. The minimum atomic E-state index is -4.31. The molecule has 0 saturated carbocycles. The van der Waals surface area contributed by atoms with Crippen LogP contribution >= 0.6 is 12.4 Å². The molecule has 0 radical (unpaired) electrons. The van der Waals surface area contributed by atoms with Gasteiger partial charge < -0.3 is 10.4 Å². The summed E-state index contributed by atoms with van der Waals surface area (Å²) in [5, 5.41) is 12.2. The number of nitrogens with one attached hydrogen (secondary N) is 1. The summed E-state index contributed by atoms with van der Waals surface area (Å²) in [7, 11) is 0. The third kappa shape index (κ3) is 3.99. The molecule has 0 aromatic heterocycles. The second-order valence-electron chi connectivity index (χ2n) is 4.32. The number of aromatic hydroxyl groups is 1. The van der Waals surface area contributed by atoms with E-state index in [1.165, 1.54) is 29.2 Å². The molecule has 2 N–H and O–H groups in total. The minimum absolute atomic E-state index is 0. The molecule has 7 heteroatoms. The molecule has 2 rings (SSSR count). The van der Waals surface area contributed by atoms with Crippen molar-refractivity contribution in [2.75, 3.05) is 26.2 Å². The molecule has 1 aromatic rings. The van der Waals surface area contributed by atoms with E-state index < -0.39 is 12.2 Å². The fourth-order valence-corrected chi connectivity index (χ4v) is 2.20. The van der Waals surface area contributed by atoms with Gasteiger partial charge in [0.15, 0.2) is 0 Å². The van der Waals surface area contributed by atoms with Crippen LogP contribution in [0.5, 0.6) is 5.75 Å². The normalized spacial score (nSPS) is 18.7. The molecular formula is C12H16ClF3N2O. The number of halogens is 4. The summed E-state index contributed by atoms with van der Waals surface area (Å²) in [6, 6.07) is 3.64. The number of phenolic OH excluding ortho intramolecular Hbond substituents is 1. The summed E-state index contributed by atoms with van der Waals surface area (Å²) in [4.78, 5) is 1.42. The number of hydrogen-bond acceptors (Lipinski definition) is 3. The molecule has 1 heterocycles. The molecule has 108 valence electrons. The van der Waals surface area contributed by atoms with Gasteiger partial charge >= 0.3 is 6.18 Å². The van der Waals surface area contributed by atoms with Gasteiger partial charge in [-0.05, 0) is 17.7 Å². The quantitative estimate of drug-likeness (QED) is 0.879. The van der Waals surface area contributed by atoms with E-state index in [0.29, 0.717) is 26.2 Å². The largest absolute Gasteiger partial charge is 0.508 e. The predicted octanol–water partition coefficient (Wildman–Crippen LogP) is 2.32. The van der Waals surface area contributed by atoms with Crippen molar-refractivity contribution < 1.29 is 18.3 Å². The van der Waals surface area contributed by atoms with Crippen LogP contribution < -0.4 is 5.32 Å². The van der Waals surface area contributed by atoms with Gasteiger partial charge in [-0.1, -0.05) is 12.1 Å². The van der Waals surface area contributed by atoms with Gasteiger partial charge in [-0.15, -0.1) is 12.4 Å². The molecule has 0 unspecified atom stereocenters. The zero-order chi connectivity index (χ0) is 13.2. The summed E-state index contributed by atoms with van der Waals surface area (Å²) in [6.45, 7) is 1.85. The van der Waals surface area contributed by atoms with Crippen molar-refractivity contribution in [2.45, 2.75) is 12.2 Å². The van der Waals surface area contributed by atoms with E-state index in [-0.39, 0.29) is 23.7 Å². The Kier molecular flexibility index (Phi) is 5.46. The highest BCUT2D eigenvalue weighted by Gasteiger charge is 2.44. The van der Waals surface area contributed by atoms with Crippen LogP contribution in [0.25, 0.3) is 0 Å². The SMILES string of the molecule is Cl.Oc1ccc([C@@H](N2CCNCC2)C(F)(F)F)cc1. The van der Waals surface area contributed by atoms with Crippen molar-refractivity contribution in [1.29, 1.82) is 0 Å². The zero-order valence-electron chi connectivity index (χ0n) is 10.2. The van der Waals surface area contributed by atoms with E-state index in [1.807, 2.05) is 0 Å². The van der Waals surface area contributed by atoms with Crippen LogP contribution in [-0.2, 0) is 0 Å². The Morgan fingerprint density at radius 2 is 1.63 bits per heavy atom. The zero-order valence-corrected chi connectivity index (χ0v) is 11.0. The van der Waals surface area contributed by atoms with Crippen molar-refractivity contribution in [3.8, 4) is 5.75 Å². The highest BCUT2D eigenvalue weighted by molar-refractivity contribution is 5.85. The number of hydrogen-bond donors (Lipinski definition) is 2. The Morgan fingerprint density at radius 3 is 2.11 bits per heavy atom. The highest BCUT2D eigenvalue weighted by Crippen LogP contribution is 2.38. The van der Waals surface area contributed by atoms with Gasteiger partial charge in [-0.2, -0.15) is 13.2 Å². The minimum Gasteiger partial charge on any atom is -0.508 e. The van der Waals surface area contributed by atoms with E-state index in [0.717, 1.165) is 0 Å². The predicted molar refractivity (Wildman–Crippen MR) is 68.6 cm³/mol. The number of rotatable bonds is 2. The molecule has 1 saturated heterocycles. The van der Waals surface area contributed by atoms with E-state index in [2.05, 4.69) is 5.32 Å². The Hall–Kier alpha value is -0.980. The van der Waals surface area contributed by atoms with Gasteiger partial charge in [0, 0.05) is 26.2 Å². The highest BCUT2D eigenvalue weighted by atomic mass is 35.5. The fourth-order valence-electron chi connectivity index (χ4n) is 2.20. The first kappa shape index (κ1) is 16.1. The van der Waals surface area contributed by atoms with Gasteiger partial charge in [-0.25, -0.2) is 0 Å². The van der Waals surface area contributed by atoms with Crippen LogP contribution in [0.2, 0.25) is 0 Å². The third-order valence-electron chi connectivity index (χ3n) is 3.04.